The van der Waals surface area contributed by atoms with E-state index in [2.05, 4.69) is 10.1 Å². The third-order valence-corrected chi connectivity index (χ3v) is 7.23. The summed E-state index contributed by atoms with van der Waals surface area (Å²) in [4.78, 5) is 17.3. The van der Waals surface area contributed by atoms with Gasteiger partial charge in [-0.2, -0.15) is 5.10 Å². The molecule has 4 aromatic rings. The van der Waals surface area contributed by atoms with Gasteiger partial charge < -0.3 is 14.0 Å². The van der Waals surface area contributed by atoms with Crippen molar-refractivity contribution in [2.75, 3.05) is 20.7 Å². The summed E-state index contributed by atoms with van der Waals surface area (Å²) in [5.41, 5.74) is 2.16. The molecule has 0 amide bonds. The van der Waals surface area contributed by atoms with Crippen LogP contribution in [0.4, 0.5) is 0 Å². The molecule has 2 aromatic heterocycles. The lowest BCUT2D eigenvalue weighted by Gasteiger charge is -2.11. The molecule has 10 nitrogen and oxygen atoms in total. The number of benzene rings is 2. The normalized spacial score (nSPS) is 11.8. The number of aromatic nitrogens is 4. The van der Waals surface area contributed by atoms with Crippen molar-refractivity contribution in [2.45, 2.75) is 31.9 Å². The molecule has 0 aliphatic rings. The number of ether oxygens (including phenoxy) is 2. The molecule has 0 fully saturated rings. The molecular weight excluding hydrogens is 470 g/mol. The molecule has 0 saturated heterocycles. The van der Waals surface area contributed by atoms with Gasteiger partial charge in [-0.15, -0.1) is 0 Å². The molecule has 0 aliphatic carbocycles. The maximum absolute atomic E-state index is 12.5. The van der Waals surface area contributed by atoms with Gasteiger partial charge in [0.25, 0.3) is 0 Å². The summed E-state index contributed by atoms with van der Waals surface area (Å²) in [6.45, 7) is 4.54. The number of carbonyl (C=O) groups is 1. The largest absolute Gasteiger partial charge is 0.481 e. The molecule has 0 atom stereocenters. The molecule has 4 rings (SSSR count). The van der Waals surface area contributed by atoms with Crippen LogP contribution in [0.1, 0.15) is 30.2 Å². The van der Waals surface area contributed by atoms with Gasteiger partial charge in [0.05, 0.1) is 34.4 Å². The quantitative estimate of drug-likeness (QED) is 0.327. The Morgan fingerprint density at radius 2 is 1.83 bits per heavy atom. The lowest BCUT2D eigenvalue weighted by Crippen LogP contribution is -2.22. The first-order valence-electron chi connectivity index (χ1n) is 11.1. The van der Waals surface area contributed by atoms with Crippen molar-refractivity contribution in [1.29, 1.82) is 0 Å². The summed E-state index contributed by atoms with van der Waals surface area (Å²) in [6.07, 6.45) is 1.63. The van der Waals surface area contributed by atoms with Crippen LogP contribution in [0.15, 0.2) is 59.6 Å². The SMILES string of the molecule is CCOC(=O)c1nn(-c2ccccc2)cc1OCc1nc2cc(S(=O)(=O)N(C)C)ccc2n1CC. The first-order valence-corrected chi connectivity index (χ1v) is 12.6. The van der Waals surface area contributed by atoms with Crippen molar-refractivity contribution >= 4 is 27.0 Å². The topological polar surface area (TPSA) is 109 Å². The Morgan fingerprint density at radius 1 is 1.09 bits per heavy atom. The third-order valence-electron chi connectivity index (χ3n) is 5.42. The van der Waals surface area contributed by atoms with Crippen molar-refractivity contribution in [1.82, 2.24) is 23.6 Å². The zero-order valence-corrected chi connectivity index (χ0v) is 20.8. The third kappa shape index (κ3) is 4.77. The molecule has 0 radical (unpaired) electrons. The van der Waals surface area contributed by atoms with E-state index in [9.17, 15) is 13.2 Å². The van der Waals surface area contributed by atoms with Gasteiger partial charge in [0.2, 0.25) is 15.7 Å². The minimum absolute atomic E-state index is 0.0468. The van der Waals surface area contributed by atoms with Crippen molar-refractivity contribution in [3.05, 3.63) is 66.2 Å². The highest BCUT2D eigenvalue weighted by Gasteiger charge is 2.22. The van der Waals surface area contributed by atoms with Gasteiger partial charge in [0.15, 0.2) is 5.75 Å². The number of hydrogen-bond acceptors (Lipinski definition) is 7. The minimum atomic E-state index is -3.59. The Morgan fingerprint density at radius 3 is 2.49 bits per heavy atom. The van der Waals surface area contributed by atoms with E-state index in [4.69, 9.17) is 9.47 Å². The van der Waals surface area contributed by atoms with Crippen molar-refractivity contribution in [3.8, 4) is 11.4 Å². The number of imidazole rings is 1. The predicted molar refractivity (Wildman–Crippen MR) is 130 cm³/mol. The van der Waals surface area contributed by atoms with Crippen molar-refractivity contribution in [3.63, 3.8) is 0 Å². The maximum atomic E-state index is 12.5. The molecule has 35 heavy (non-hydrogen) atoms. The summed E-state index contributed by atoms with van der Waals surface area (Å²) in [5, 5.41) is 4.37. The fourth-order valence-electron chi connectivity index (χ4n) is 3.65. The molecule has 184 valence electrons. The smallest absolute Gasteiger partial charge is 0.362 e. The van der Waals surface area contributed by atoms with E-state index in [0.717, 1.165) is 15.5 Å². The molecule has 0 unspecified atom stereocenters. The summed E-state index contributed by atoms with van der Waals surface area (Å²) in [5.74, 6) is 0.266. The zero-order valence-electron chi connectivity index (χ0n) is 20.0. The van der Waals surface area contributed by atoms with Crippen LogP contribution in [0.25, 0.3) is 16.7 Å². The summed E-state index contributed by atoms with van der Waals surface area (Å²) in [6, 6.07) is 14.2. The van der Waals surface area contributed by atoms with E-state index in [1.54, 1.807) is 36.0 Å². The fourth-order valence-corrected chi connectivity index (χ4v) is 4.58. The van der Waals surface area contributed by atoms with Gasteiger partial charge in [-0.25, -0.2) is 27.2 Å². The van der Waals surface area contributed by atoms with Crippen LogP contribution >= 0.6 is 0 Å². The molecule has 0 N–H and O–H groups in total. The first kappa shape index (κ1) is 24.4. The maximum Gasteiger partial charge on any atom is 0.362 e. The van der Waals surface area contributed by atoms with E-state index in [0.29, 0.717) is 17.9 Å². The number of sulfonamides is 1. The van der Waals surface area contributed by atoms with Gasteiger partial charge in [0, 0.05) is 20.6 Å². The van der Waals surface area contributed by atoms with Gasteiger partial charge in [-0.1, -0.05) is 18.2 Å². The number of para-hydroxylation sites is 1. The van der Waals surface area contributed by atoms with Crippen LogP contribution in [0.2, 0.25) is 0 Å². The van der Waals surface area contributed by atoms with Crippen LogP contribution < -0.4 is 4.74 Å². The van der Waals surface area contributed by atoms with Gasteiger partial charge in [-0.3, -0.25) is 0 Å². The Bertz CT molecular complexity index is 1460. The Hall–Kier alpha value is -3.70. The zero-order chi connectivity index (χ0) is 25.2. The van der Waals surface area contributed by atoms with Crippen LogP contribution in [-0.4, -0.2) is 58.7 Å². The van der Waals surface area contributed by atoms with E-state index >= 15 is 0 Å². The molecular formula is C24H27N5O5S. The fraction of sp³-hybridized carbons (Fsp3) is 0.292. The number of rotatable bonds is 9. The average Bonchev–Trinajstić information content (AvgIpc) is 3.44. The summed E-state index contributed by atoms with van der Waals surface area (Å²) in [7, 11) is -0.615. The van der Waals surface area contributed by atoms with E-state index < -0.39 is 16.0 Å². The second kappa shape index (κ2) is 9.88. The molecule has 0 spiro atoms. The van der Waals surface area contributed by atoms with Crippen LogP contribution in [-0.2, 0) is 27.9 Å². The highest BCUT2D eigenvalue weighted by molar-refractivity contribution is 7.89. The highest BCUT2D eigenvalue weighted by Crippen LogP contribution is 2.25. The molecule has 2 heterocycles. The summed E-state index contributed by atoms with van der Waals surface area (Å²) >= 11 is 0. The minimum Gasteiger partial charge on any atom is -0.481 e. The second-order valence-corrected chi connectivity index (χ2v) is 9.99. The Kier molecular flexibility index (Phi) is 6.90. The van der Waals surface area contributed by atoms with Gasteiger partial charge in [0.1, 0.15) is 12.4 Å². The molecule has 0 saturated carbocycles. The number of fused-ring (bicyclic) bond motifs is 1. The lowest BCUT2D eigenvalue weighted by atomic mass is 10.3. The van der Waals surface area contributed by atoms with Crippen molar-refractivity contribution in [2.24, 2.45) is 0 Å². The second-order valence-electron chi connectivity index (χ2n) is 7.84. The van der Waals surface area contributed by atoms with Gasteiger partial charge >= 0.3 is 5.97 Å². The summed E-state index contributed by atoms with van der Waals surface area (Å²) < 4.78 is 40.9. The lowest BCUT2D eigenvalue weighted by molar-refractivity contribution is 0.0513. The first-order chi connectivity index (χ1) is 16.8. The van der Waals surface area contributed by atoms with Crippen LogP contribution in [0, 0.1) is 0 Å². The number of aryl methyl sites for hydroxylation is 1. The average molecular weight is 498 g/mol. The monoisotopic (exact) mass is 497 g/mol. The van der Waals surface area contributed by atoms with E-state index in [1.807, 2.05) is 41.8 Å². The number of nitrogens with zero attached hydrogens (tertiary/aromatic N) is 5. The number of esters is 1. The van der Waals surface area contributed by atoms with Crippen LogP contribution in [0.5, 0.6) is 5.75 Å². The molecule has 0 aliphatic heterocycles. The Balaban J connectivity index is 1.68. The van der Waals surface area contributed by atoms with Crippen LogP contribution in [0.3, 0.4) is 0 Å². The highest BCUT2D eigenvalue weighted by atomic mass is 32.2. The van der Waals surface area contributed by atoms with E-state index in [-0.39, 0.29) is 29.6 Å². The molecule has 2 aromatic carbocycles. The Labute approximate surface area is 203 Å². The molecule has 11 heteroatoms. The van der Waals surface area contributed by atoms with Crippen molar-refractivity contribution < 1.29 is 22.7 Å². The van der Waals surface area contributed by atoms with E-state index in [1.165, 1.54) is 14.1 Å². The van der Waals surface area contributed by atoms with Gasteiger partial charge in [-0.05, 0) is 44.2 Å². The molecule has 0 bridgehead atoms. The number of carbonyl (C=O) groups excluding carboxylic acids is 1. The standard InChI is InChI=1S/C24H27N5O5S/c1-5-28-20-13-12-18(35(31,32)27(3)4)14-19(20)25-22(28)16-34-21-15-29(17-10-8-7-9-11-17)26-23(21)24(30)33-6-2/h7-15H,5-6,16H2,1-4H3. The predicted octanol–water partition coefficient (Wildman–Crippen LogP) is 3.25. The number of hydrogen-bond donors (Lipinski definition) is 0.